The van der Waals surface area contributed by atoms with Crippen molar-refractivity contribution in [1.29, 1.82) is 0 Å². The summed E-state index contributed by atoms with van der Waals surface area (Å²) in [5, 5.41) is 5.72. The molecule has 0 bridgehead atoms. The van der Waals surface area contributed by atoms with Gasteiger partial charge >= 0.3 is 0 Å². The number of nitrogens with one attached hydrogen (secondary N) is 2. The van der Waals surface area contributed by atoms with Gasteiger partial charge in [0.15, 0.2) is 0 Å². The minimum absolute atomic E-state index is 0.0594. The van der Waals surface area contributed by atoms with Crippen molar-refractivity contribution in [1.82, 2.24) is 10.3 Å². The van der Waals surface area contributed by atoms with Gasteiger partial charge in [-0.05, 0) is 49.2 Å². The Balaban J connectivity index is 1.31. The molecule has 1 fully saturated rings. The first kappa shape index (κ1) is 20.1. The minimum atomic E-state index is -0.352. The van der Waals surface area contributed by atoms with Crippen LogP contribution >= 0.6 is 11.8 Å². The Hall–Kier alpha value is -2.61. The quantitative estimate of drug-likeness (QED) is 0.745. The molecule has 0 aliphatic carbocycles. The number of aromatic nitrogens is 1. The molecule has 6 nitrogen and oxygen atoms in total. The summed E-state index contributed by atoms with van der Waals surface area (Å²) in [6.45, 7) is 1.71. The van der Waals surface area contributed by atoms with Crippen molar-refractivity contribution in [3.63, 3.8) is 0 Å². The number of pyridine rings is 1. The summed E-state index contributed by atoms with van der Waals surface area (Å²) in [5.41, 5.74) is 0.538. The van der Waals surface area contributed by atoms with E-state index in [9.17, 15) is 14.0 Å². The van der Waals surface area contributed by atoms with Gasteiger partial charge in [-0.3, -0.25) is 9.59 Å². The molecule has 0 atom stereocenters. The van der Waals surface area contributed by atoms with Crippen molar-refractivity contribution in [2.75, 3.05) is 34.8 Å². The van der Waals surface area contributed by atoms with E-state index in [-0.39, 0.29) is 35.2 Å². The lowest BCUT2D eigenvalue weighted by molar-refractivity contribution is -0.119. The van der Waals surface area contributed by atoms with Crippen LogP contribution in [0.4, 0.5) is 15.9 Å². The van der Waals surface area contributed by atoms with Gasteiger partial charge < -0.3 is 15.5 Å². The molecular weight excluding hydrogens is 379 g/mol. The van der Waals surface area contributed by atoms with Gasteiger partial charge in [0, 0.05) is 31.0 Å². The maximum Gasteiger partial charge on any atom is 0.234 e. The molecule has 2 aromatic rings. The number of benzene rings is 1. The average Bonchev–Trinajstić information content (AvgIpc) is 2.71. The number of halogens is 1. The number of piperidine rings is 1. The number of nitrogens with zero attached hydrogens (tertiary/aromatic N) is 2. The van der Waals surface area contributed by atoms with Crippen molar-refractivity contribution in [2.24, 2.45) is 0 Å². The van der Waals surface area contributed by atoms with E-state index in [0.29, 0.717) is 5.69 Å². The van der Waals surface area contributed by atoms with E-state index in [1.54, 1.807) is 6.20 Å². The number of amides is 2. The van der Waals surface area contributed by atoms with Crippen LogP contribution < -0.4 is 15.5 Å². The van der Waals surface area contributed by atoms with Crippen LogP contribution in [0.1, 0.15) is 12.8 Å². The average molecular weight is 402 g/mol. The van der Waals surface area contributed by atoms with Gasteiger partial charge in [0.05, 0.1) is 11.5 Å². The Morgan fingerprint density at radius 1 is 1.07 bits per heavy atom. The lowest BCUT2D eigenvalue weighted by Gasteiger charge is -2.33. The highest BCUT2D eigenvalue weighted by Gasteiger charge is 2.21. The molecule has 2 N–H and O–H groups in total. The van der Waals surface area contributed by atoms with E-state index in [2.05, 4.69) is 20.5 Å². The summed E-state index contributed by atoms with van der Waals surface area (Å²) >= 11 is 1.26. The summed E-state index contributed by atoms with van der Waals surface area (Å²) < 4.78 is 12.8. The molecule has 0 unspecified atom stereocenters. The fourth-order valence-corrected chi connectivity index (χ4v) is 3.66. The summed E-state index contributed by atoms with van der Waals surface area (Å²) in [6, 6.07) is 11.6. The topological polar surface area (TPSA) is 74.3 Å². The Morgan fingerprint density at radius 2 is 1.79 bits per heavy atom. The molecule has 8 heteroatoms. The summed E-state index contributed by atoms with van der Waals surface area (Å²) in [6.07, 6.45) is 3.53. The zero-order valence-electron chi connectivity index (χ0n) is 15.4. The van der Waals surface area contributed by atoms with E-state index in [1.807, 2.05) is 18.2 Å². The molecule has 1 aromatic heterocycles. The number of hydrogen-bond donors (Lipinski definition) is 2. The smallest absolute Gasteiger partial charge is 0.234 e. The SMILES string of the molecule is O=C(CSCC(=O)NC1CCN(c2ccccn2)CC1)Nc1ccc(F)cc1. The van der Waals surface area contributed by atoms with Crippen LogP contribution in [0.3, 0.4) is 0 Å². The third-order valence-corrected chi connectivity index (χ3v) is 5.36. The molecule has 1 aliphatic rings. The number of rotatable bonds is 7. The molecule has 0 radical (unpaired) electrons. The van der Waals surface area contributed by atoms with Crippen LogP contribution in [-0.4, -0.2) is 47.4 Å². The van der Waals surface area contributed by atoms with E-state index >= 15 is 0 Å². The van der Waals surface area contributed by atoms with Gasteiger partial charge in [-0.2, -0.15) is 0 Å². The van der Waals surface area contributed by atoms with Gasteiger partial charge in [0.2, 0.25) is 11.8 Å². The molecule has 1 aliphatic heterocycles. The second-order valence-electron chi connectivity index (χ2n) is 6.56. The fraction of sp³-hybridized carbons (Fsp3) is 0.350. The first-order valence-corrected chi connectivity index (χ1v) is 10.3. The zero-order chi connectivity index (χ0) is 19.8. The molecule has 28 heavy (non-hydrogen) atoms. The Bertz CT molecular complexity index is 781. The van der Waals surface area contributed by atoms with Gasteiger partial charge in [-0.25, -0.2) is 9.37 Å². The second-order valence-corrected chi connectivity index (χ2v) is 7.55. The minimum Gasteiger partial charge on any atom is -0.356 e. The molecule has 1 saturated heterocycles. The predicted octanol–water partition coefficient (Wildman–Crippen LogP) is 2.68. The van der Waals surface area contributed by atoms with Crippen molar-refractivity contribution in [3.8, 4) is 0 Å². The van der Waals surface area contributed by atoms with Crippen LogP contribution in [0.25, 0.3) is 0 Å². The summed E-state index contributed by atoms with van der Waals surface area (Å²) in [5.74, 6) is 0.745. The molecule has 1 aromatic carbocycles. The fourth-order valence-electron chi connectivity index (χ4n) is 3.03. The standard InChI is InChI=1S/C20H23FN4O2S/c21-15-4-6-16(7-5-15)23-19(26)13-28-14-20(27)24-17-8-11-25(12-9-17)18-3-1-2-10-22-18/h1-7,10,17H,8-9,11-14H2,(H,23,26)(H,24,27). The monoisotopic (exact) mass is 402 g/mol. The van der Waals surface area contributed by atoms with Crippen LogP contribution in [0.2, 0.25) is 0 Å². The number of hydrogen-bond acceptors (Lipinski definition) is 5. The van der Waals surface area contributed by atoms with Gasteiger partial charge in [0.25, 0.3) is 0 Å². The maximum atomic E-state index is 12.8. The largest absolute Gasteiger partial charge is 0.356 e. The van der Waals surface area contributed by atoms with Crippen molar-refractivity contribution in [3.05, 3.63) is 54.5 Å². The van der Waals surface area contributed by atoms with E-state index in [0.717, 1.165) is 31.7 Å². The summed E-state index contributed by atoms with van der Waals surface area (Å²) in [4.78, 5) is 30.6. The molecule has 0 saturated carbocycles. The van der Waals surface area contributed by atoms with Crippen molar-refractivity contribution >= 4 is 35.1 Å². The predicted molar refractivity (Wildman–Crippen MR) is 110 cm³/mol. The second kappa shape index (κ2) is 10.1. The highest BCUT2D eigenvalue weighted by Crippen LogP contribution is 2.17. The number of anilines is 2. The third kappa shape index (κ3) is 6.23. The molecule has 2 heterocycles. The van der Waals surface area contributed by atoms with E-state index < -0.39 is 0 Å². The molecule has 148 valence electrons. The van der Waals surface area contributed by atoms with Crippen molar-refractivity contribution in [2.45, 2.75) is 18.9 Å². The Kier molecular flexibility index (Phi) is 7.25. The highest BCUT2D eigenvalue weighted by molar-refractivity contribution is 8.00. The lowest BCUT2D eigenvalue weighted by Crippen LogP contribution is -2.45. The number of thioether (sulfide) groups is 1. The summed E-state index contributed by atoms with van der Waals surface area (Å²) in [7, 11) is 0. The molecule has 2 amide bonds. The molecule has 0 spiro atoms. The van der Waals surface area contributed by atoms with Crippen LogP contribution in [0.5, 0.6) is 0 Å². The normalized spacial score (nSPS) is 14.5. The molecule has 3 rings (SSSR count). The number of carbonyl (C=O) groups excluding carboxylic acids is 2. The first-order chi connectivity index (χ1) is 13.6. The lowest BCUT2D eigenvalue weighted by atomic mass is 10.1. The van der Waals surface area contributed by atoms with Crippen LogP contribution in [0.15, 0.2) is 48.7 Å². The van der Waals surface area contributed by atoms with E-state index in [1.165, 1.54) is 36.0 Å². The Labute approximate surface area is 167 Å². The van der Waals surface area contributed by atoms with Gasteiger partial charge in [0.1, 0.15) is 11.6 Å². The van der Waals surface area contributed by atoms with Gasteiger partial charge in [-0.1, -0.05) is 6.07 Å². The highest BCUT2D eigenvalue weighted by atomic mass is 32.2. The third-order valence-electron chi connectivity index (χ3n) is 4.43. The number of carbonyl (C=O) groups is 2. The van der Waals surface area contributed by atoms with Crippen LogP contribution in [-0.2, 0) is 9.59 Å². The first-order valence-electron chi connectivity index (χ1n) is 9.18. The zero-order valence-corrected chi connectivity index (χ0v) is 16.3. The maximum absolute atomic E-state index is 12.8. The van der Waals surface area contributed by atoms with Gasteiger partial charge in [-0.15, -0.1) is 11.8 Å². The van der Waals surface area contributed by atoms with Crippen molar-refractivity contribution < 1.29 is 14.0 Å². The Morgan fingerprint density at radius 3 is 2.46 bits per heavy atom. The van der Waals surface area contributed by atoms with E-state index in [4.69, 9.17) is 0 Å². The van der Waals surface area contributed by atoms with Crippen LogP contribution in [0, 0.1) is 5.82 Å². The molecular formula is C20H23FN4O2S.